The summed E-state index contributed by atoms with van der Waals surface area (Å²) in [5.41, 5.74) is 4.39. The summed E-state index contributed by atoms with van der Waals surface area (Å²) in [6.07, 6.45) is 1.78. The monoisotopic (exact) mass is 518 g/mol. The van der Waals surface area contributed by atoms with Crippen LogP contribution in [0.2, 0.25) is 0 Å². The summed E-state index contributed by atoms with van der Waals surface area (Å²) in [5, 5.41) is 2.81. The zero-order valence-corrected chi connectivity index (χ0v) is 21.9. The van der Waals surface area contributed by atoms with E-state index in [0.29, 0.717) is 33.0 Å². The molecule has 1 fully saturated rings. The topological polar surface area (TPSA) is 67.9 Å². The van der Waals surface area contributed by atoms with E-state index in [9.17, 15) is 9.59 Å². The molecule has 2 amide bonds. The highest BCUT2D eigenvalue weighted by Crippen LogP contribution is 2.37. The predicted octanol–water partition coefficient (Wildman–Crippen LogP) is 6.13. The van der Waals surface area contributed by atoms with Crippen molar-refractivity contribution >= 4 is 57.6 Å². The van der Waals surface area contributed by atoms with Crippen molar-refractivity contribution in [2.45, 2.75) is 20.8 Å². The third-order valence-electron chi connectivity index (χ3n) is 5.31. The summed E-state index contributed by atoms with van der Waals surface area (Å²) in [6, 6.07) is 20.6. The van der Waals surface area contributed by atoms with Crippen molar-refractivity contribution in [2.24, 2.45) is 0 Å². The SMILES string of the molecule is CCOc1cc(C=C2SC(=S)N(c3cccc(C)c3)C2=O)ccc1OCC(=O)Nc1ccc(C)cc1. The van der Waals surface area contributed by atoms with Crippen LogP contribution in [0, 0.1) is 13.8 Å². The van der Waals surface area contributed by atoms with Crippen LogP contribution >= 0.6 is 24.0 Å². The molecule has 1 aliphatic rings. The number of hydrogen-bond acceptors (Lipinski definition) is 6. The average molecular weight is 519 g/mol. The molecule has 6 nitrogen and oxygen atoms in total. The fraction of sp³-hybridized carbons (Fsp3) is 0.179. The molecule has 1 heterocycles. The number of ether oxygens (including phenoxy) is 2. The zero-order valence-electron chi connectivity index (χ0n) is 20.2. The summed E-state index contributed by atoms with van der Waals surface area (Å²) in [6.45, 7) is 6.09. The van der Waals surface area contributed by atoms with Crippen molar-refractivity contribution in [1.82, 2.24) is 0 Å². The Kier molecular flexibility index (Phi) is 8.07. The van der Waals surface area contributed by atoms with E-state index in [-0.39, 0.29) is 18.4 Å². The van der Waals surface area contributed by atoms with E-state index in [1.54, 1.807) is 23.1 Å². The van der Waals surface area contributed by atoms with Gasteiger partial charge in [0, 0.05) is 5.69 Å². The highest BCUT2D eigenvalue weighted by molar-refractivity contribution is 8.27. The second-order valence-electron chi connectivity index (χ2n) is 8.20. The van der Waals surface area contributed by atoms with Gasteiger partial charge in [-0.15, -0.1) is 0 Å². The Morgan fingerprint density at radius 3 is 2.50 bits per heavy atom. The van der Waals surface area contributed by atoms with Gasteiger partial charge in [0.25, 0.3) is 11.8 Å². The maximum absolute atomic E-state index is 13.1. The molecule has 3 aromatic rings. The molecule has 8 heteroatoms. The van der Waals surface area contributed by atoms with Gasteiger partial charge in [0.2, 0.25) is 0 Å². The molecule has 0 spiro atoms. The molecule has 1 saturated heterocycles. The Labute approximate surface area is 220 Å². The molecule has 0 radical (unpaired) electrons. The molecule has 0 atom stereocenters. The number of rotatable bonds is 8. The molecule has 4 rings (SSSR count). The van der Waals surface area contributed by atoms with E-state index in [2.05, 4.69) is 5.32 Å². The van der Waals surface area contributed by atoms with Crippen LogP contribution in [0.3, 0.4) is 0 Å². The number of carbonyl (C=O) groups is 2. The van der Waals surface area contributed by atoms with Crippen LogP contribution in [0.1, 0.15) is 23.6 Å². The van der Waals surface area contributed by atoms with E-state index in [4.69, 9.17) is 21.7 Å². The van der Waals surface area contributed by atoms with Gasteiger partial charge in [-0.25, -0.2) is 0 Å². The largest absolute Gasteiger partial charge is 0.490 e. The second-order valence-corrected chi connectivity index (χ2v) is 9.87. The first-order chi connectivity index (χ1) is 17.3. The molecule has 0 unspecified atom stereocenters. The Morgan fingerprint density at radius 2 is 1.78 bits per heavy atom. The van der Waals surface area contributed by atoms with Gasteiger partial charge in [-0.3, -0.25) is 14.5 Å². The lowest BCUT2D eigenvalue weighted by Crippen LogP contribution is -2.27. The predicted molar refractivity (Wildman–Crippen MR) is 150 cm³/mol. The molecular weight excluding hydrogens is 492 g/mol. The maximum Gasteiger partial charge on any atom is 0.270 e. The standard InChI is InChI=1S/C28H26N2O4S2/c1-4-33-24-15-20(10-13-23(24)34-17-26(31)29-21-11-8-18(2)9-12-21)16-25-27(32)30(28(35)36-25)22-7-5-6-19(3)14-22/h5-16H,4,17H2,1-3H3,(H,29,31). The van der Waals surface area contributed by atoms with Crippen LogP contribution in [0.15, 0.2) is 71.6 Å². The Hall–Kier alpha value is -3.62. The molecule has 1 aliphatic heterocycles. The first-order valence-corrected chi connectivity index (χ1v) is 12.7. The number of anilines is 2. The molecule has 0 bridgehead atoms. The number of thioether (sulfide) groups is 1. The smallest absolute Gasteiger partial charge is 0.270 e. The second kappa shape index (κ2) is 11.4. The van der Waals surface area contributed by atoms with Crippen LogP contribution in [-0.2, 0) is 9.59 Å². The zero-order chi connectivity index (χ0) is 25.7. The van der Waals surface area contributed by atoms with Gasteiger partial charge >= 0.3 is 0 Å². The first-order valence-electron chi connectivity index (χ1n) is 11.4. The number of nitrogens with zero attached hydrogens (tertiary/aromatic N) is 1. The van der Waals surface area contributed by atoms with E-state index in [0.717, 1.165) is 22.4 Å². The van der Waals surface area contributed by atoms with Crippen molar-refractivity contribution < 1.29 is 19.1 Å². The molecular formula is C28H26N2O4S2. The summed E-state index contributed by atoms with van der Waals surface area (Å²) in [5.74, 6) is 0.496. The van der Waals surface area contributed by atoms with E-state index >= 15 is 0 Å². The lowest BCUT2D eigenvalue weighted by atomic mass is 10.1. The van der Waals surface area contributed by atoms with Crippen molar-refractivity contribution in [3.8, 4) is 11.5 Å². The maximum atomic E-state index is 13.1. The van der Waals surface area contributed by atoms with Gasteiger partial charge in [-0.05, 0) is 74.4 Å². The molecule has 0 aromatic heterocycles. The number of carbonyl (C=O) groups excluding carboxylic acids is 2. The van der Waals surface area contributed by atoms with Crippen LogP contribution in [0.5, 0.6) is 11.5 Å². The Balaban J connectivity index is 1.47. The van der Waals surface area contributed by atoms with E-state index < -0.39 is 0 Å². The summed E-state index contributed by atoms with van der Waals surface area (Å²) >= 11 is 6.74. The minimum atomic E-state index is -0.273. The van der Waals surface area contributed by atoms with Crippen molar-refractivity contribution in [3.05, 3.63) is 88.3 Å². The van der Waals surface area contributed by atoms with Gasteiger partial charge in [0.05, 0.1) is 17.2 Å². The van der Waals surface area contributed by atoms with Crippen LogP contribution in [0.4, 0.5) is 11.4 Å². The Morgan fingerprint density at radius 1 is 1.00 bits per heavy atom. The number of thiocarbonyl (C=S) groups is 1. The van der Waals surface area contributed by atoms with Crippen molar-refractivity contribution in [1.29, 1.82) is 0 Å². The molecule has 1 N–H and O–H groups in total. The van der Waals surface area contributed by atoms with Gasteiger partial charge < -0.3 is 14.8 Å². The minimum Gasteiger partial charge on any atom is -0.490 e. The number of amides is 2. The quantitative estimate of drug-likeness (QED) is 0.286. The van der Waals surface area contributed by atoms with Crippen molar-refractivity contribution in [3.63, 3.8) is 0 Å². The van der Waals surface area contributed by atoms with Crippen LogP contribution in [0.25, 0.3) is 6.08 Å². The third kappa shape index (κ3) is 6.13. The molecule has 36 heavy (non-hydrogen) atoms. The fourth-order valence-corrected chi connectivity index (χ4v) is 4.89. The molecule has 184 valence electrons. The minimum absolute atomic E-state index is 0.164. The van der Waals surface area contributed by atoms with E-state index in [1.807, 2.05) is 75.4 Å². The van der Waals surface area contributed by atoms with Crippen LogP contribution < -0.4 is 19.7 Å². The van der Waals surface area contributed by atoms with E-state index in [1.165, 1.54) is 11.8 Å². The summed E-state index contributed by atoms with van der Waals surface area (Å²) in [7, 11) is 0. The van der Waals surface area contributed by atoms with Gasteiger partial charge in [-0.2, -0.15) is 0 Å². The number of aryl methyl sites for hydroxylation is 2. The number of nitrogens with one attached hydrogen (secondary N) is 1. The van der Waals surface area contributed by atoms with Gasteiger partial charge in [-0.1, -0.05) is 59.9 Å². The highest BCUT2D eigenvalue weighted by Gasteiger charge is 2.33. The van der Waals surface area contributed by atoms with Gasteiger partial charge in [0.1, 0.15) is 0 Å². The number of benzene rings is 3. The lowest BCUT2D eigenvalue weighted by molar-refractivity contribution is -0.118. The lowest BCUT2D eigenvalue weighted by Gasteiger charge is -2.15. The first kappa shape index (κ1) is 25.5. The average Bonchev–Trinajstić information content (AvgIpc) is 3.12. The summed E-state index contributed by atoms with van der Waals surface area (Å²) in [4.78, 5) is 27.5. The Bertz CT molecular complexity index is 1340. The molecule has 0 saturated carbocycles. The fourth-order valence-electron chi connectivity index (χ4n) is 3.59. The van der Waals surface area contributed by atoms with Gasteiger partial charge in [0.15, 0.2) is 22.4 Å². The third-order valence-corrected chi connectivity index (χ3v) is 6.62. The highest BCUT2D eigenvalue weighted by atomic mass is 32.2. The molecule has 3 aromatic carbocycles. The van der Waals surface area contributed by atoms with Crippen LogP contribution in [-0.4, -0.2) is 29.3 Å². The normalized spacial score (nSPS) is 14.3. The molecule has 0 aliphatic carbocycles. The number of hydrogen-bond donors (Lipinski definition) is 1. The summed E-state index contributed by atoms with van der Waals surface area (Å²) < 4.78 is 12.0. The van der Waals surface area contributed by atoms with Crippen molar-refractivity contribution in [2.75, 3.05) is 23.4 Å².